The van der Waals surface area contributed by atoms with E-state index in [-0.39, 0.29) is 5.91 Å². The van der Waals surface area contributed by atoms with Gasteiger partial charge < -0.3 is 15.2 Å². The van der Waals surface area contributed by atoms with E-state index in [1.807, 2.05) is 24.3 Å². The van der Waals surface area contributed by atoms with Gasteiger partial charge in [-0.25, -0.2) is 0 Å². The highest BCUT2D eigenvalue weighted by atomic mass is 16.5. The minimum absolute atomic E-state index is 0.388. The van der Waals surface area contributed by atoms with E-state index in [4.69, 9.17) is 9.84 Å². The zero-order valence-electron chi connectivity index (χ0n) is 11.1. The molecule has 1 aromatic rings. The van der Waals surface area contributed by atoms with E-state index in [1.165, 1.54) is 12.5 Å². The molecule has 19 heavy (non-hydrogen) atoms. The molecule has 1 fully saturated rings. The first-order valence-electron chi connectivity index (χ1n) is 6.53. The number of hydrogen-bond acceptors (Lipinski definition) is 4. The van der Waals surface area contributed by atoms with Gasteiger partial charge in [0.15, 0.2) is 0 Å². The largest absolute Gasteiger partial charge is 0.384 e. The van der Waals surface area contributed by atoms with Crippen LogP contribution in [0.5, 0.6) is 0 Å². The number of rotatable bonds is 4. The van der Waals surface area contributed by atoms with Gasteiger partial charge in [0, 0.05) is 25.3 Å². The minimum Gasteiger partial charge on any atom is -0.384 e. The topological polar surface area (TPSA) is 61.8 Å². The van der Waals surface area contributed by atoms with Crippen LogP contribution in [0, 0.1) is 0 Å². The molecule has 0 bridgehead atoms. The summed E-state index contributed by atoms with van der Waals surface area (Å²) in [5, 5.41) is 11.8. The van der Waals surface area contributed by atoms with Crippen LogP contribution in [0.4, 0.5) is 5.69 Å². The van der Waals surface area contributed by atoms with Crippen LogP contribution in [0.1, 0.15) is 12.5 Å². The number of benzene rings is 1. The van der Waals surface area contributed by atoms with E-state index < -0.39 is 6.10 Å². The molecule has 1 atom stereocenters. The monoisotopic (exact) mass is 264 g/mol. The van der Waals surface area contributed by atoms with Crippen LogP contribution >= 0.6 is 0 Å². The Hall–Kier alpha value is -1.43. The summed E-state index contributed by atoms with van der Waals surface area (Å²) in [6.07, 6.45) is -0.993. The first kappa shape index (κ1) is 14.0. The molecule has 1 aliphatic rings. The summed E-state index contributed by atoms with van der Waals surface area (Å²) in [4.78, 5) is 13.7. The van der Waals surface area contributed by atoms with E-state index >= 15 is 0 Å². The maximum absolute atomic E-state index is 11.3. The van der Waals surface area contributed by atoms with Gasteiger partial charge in [0.2, 0.25) is 0 Å². The third-order valence-electron chi connectivity index (χ3n) is 3.11. The van der Waals surface area contributed by atoms with Gasteiger partial charge in [-0.05, 0) is 24.6 Å². The van der Waals surface area contributed by atoms with E-state index in [0.29, 0.717) is 5.69 Å². The van der Waals surface area contributed by atoms with Gasteiger partial charge in [-0.15, -0.1) is 0 Å². The molecule has 1 heterocycles. The van der Waals surface area contributed by atoms with E-state index in [9.17, 15) is 4.79 Å². The molecule has 2 N–H and O–H groups in total. The SMILES string of the molecule is CC(O)C(=O)Nc1ccc(CN2CCOCC2)cc1. The smallest absolute Gasteiger partial charge is 0.252 e. The van der Waals surface area contributed by atoms with Crippen molar-refractivity contribution in [2.75, 3.05) is 31.6 Å². The number of carbonyl (C=O) groups excluding carboxylic acids is 1. The van der Waals surface area contributed by atoms with E-state index in [0.717, 1.165) is 32.8 Å². The van der Waals surface area contributed by atoms with Crippen LogP contribution in [-0.2, 0) is 16.1 Å². The summed E-state index contributed by atoms with van der Waals surface area (Å²) in [6.45, 7) is 5.85. The van der Waals surface area contributed by atoms with Gasteiger partial charge in [-0.1, -0.05) is 12.1 Å². The number of anilines is 1. The van der Waals surface area contributed by atoms with Crippen molar-refractivity contribution < 1.29 is 14.6 Å². The Morgan fingerprint density at radius 3 is 2.58 bits per heavy atom. The standard InChI is InChI=1S/C14H20N2O3/c1-11(17)14(18)15-13-4-2-12(3-5-13)10-16-6-8-19-9-7-16/h2-5,11,17H,6-10H2,1H3,(H,15,18). The third kappa shape index (κ3) is 4.31. The van der Waals surface area contributed by atoms with Gasteiger partial charge in [-0.3, -0.25) is 9.69 Å². The predicted octanol–water partition coefficient (Wildman–Crippen LogP) is 0.838. The minimum atomic E-state index is -0.993. The number of amides is 1. The fourth-order valence-corrected chi connectivity index (χ4v) is 1.96. The van der Waals surface area contributed by atoms with Gasteiger partial charge in [0.05, 0.1) is 13.2 Å². The number of aliphatic hydroxyl groups excluding tert-OH is 1. The fourth-order valence-electron chi connectivity index (χ4n) is 1.96. The van der Waals surface area contributed by atoms with Gasteiger partial charge in [-0.2, -0.15) is 0 Å². The van der Waals surface area contributed by atoms with E-state index in [1.54, 1.807) is 0 Å². The molecule has 1 aromatic carbocycles. The zero-order chi connectivity index (χ0) is 13.7. The Balaban J connectivity index is 1.88. The molecule has 0 spiro atoms. The molecule has 5 nitrogen and oxygen atoms in total. The third-order valence-corrected chi connectivity index (χ3v) is 3.11. The molecule has 1 unspecified atom stereocenters. The molecule has 1 amide bonds. The molecule has 5 heteroatoms. The van der Waals surface area contributed by atoms with Crippen molar-refractivity contribution >= 4 is 11.6 Å². The molecule has 2 rings (SSSR count). The first-order chi connectivity index (χ1) is 9.15. The lowest BCUT2D eigenvalue weighted by molar-refractivity contribution is -0.123. The molecule has 1 aliphatic heterocycles. The summed E-state index contributed by atoms with van der Waals surface area (Å²) in [6, 6.07) is 7.70. The number of ether oxygens (including phenoxy) is 1. The number of carbonyl (C=O) groups is 1. The lowest BCUT2D eigenvalue weighted by atomic mass is 10.2. The molecule has 1 saturated heterocycles. The number of hydrogen-bond donors (Lipinski definition) is 2. The van der Waals surface area contributed by atoms with Crippen molar-refractivity contribution in [3.8, 4) is 0 Å². The molecule has 0 radical (unpaired) electrons. The maximum Gasteiger partial charge on any atom is 0.252 e. The van der Waals surface area contributed by atoms with Gasteiger partial charge >= 0.3 is 0 Å². The van der Waals surface area contributed by atoms with Gasteiger partial charge in [0.1, 0.15) is 6.10 Å². The average Bonchev–Trinajstić information content (AvgIpc) is 2.42. The predicted molar refractivity (Wildman–Crippen MR) is 72.8 cm³/mol. The van der Waals surface area contributed by atoms with Crippen molar-refractivity contribution in [3.63, 3.8) is 0 Å². The van der Waals surface area contributed by atoms with Gasteiger partial charge in [0.25, 0.3) is 5.91 Å². The van der Waals surface area contributed by atoms with Crippen LogP contribution in [0.3, 0.4) is 0 Å². The van der Waals surface area contributed by atoms with Crippen LogP contribution in [0.15, 0.2) is 24.3 Å². The van der Waals surface area contributed by atoms with Crippen LogP contribution in [-0.4, -0.2) is 48.3 Å². The lowest BCUT2D eigenvalue weighted by Crippen LogP contribution is -2.35. The maximum atomic E-state index is 11.3. The highest BCUT2D eigenvalue weighted by Crippen LogP contribution is 2.12. The summed E-state index contributed by atoms with van der Waals surface area (Å²) in [5.41, 5.74) is 1.91. The quantitative estimate of drug-likeness (QED) is 0.846. The average molecular weight is 264 g/mol. The molecule has 104 valence electrons. The van der Waals surface area contributed by atoms with E-state index in [2.05, 4.69) is 10.2 Å². The Morgan fingerprint density at radius 1 is 1.37 bits per heavy atom. The van der Waals surface area contributed by atoms with Crippen molar-refractivity contribution in [1.82, 2.24) is 4.90 Å². The lowest BCUT2D eigenvalue weighted by Gasteiger charge is -2.26. The Bertz CT molecular complexity index is 411. The van der Waals surface area contributed by atoms with Crippen molar-refractivity contribution in [2.24, 2.45) is 0 Å². The summed E-state index contributed by atoms with van der Waals surface area (Å²) < 4.78 is 5.31. The molecular weight excluding hydrogens is 244 g/mol. The molecular formula is C14H20N2O3. The first-order valence-corrected chi connectivity index (χ1v) is 6.53. The van der Waals surface area contributed by atoms with Crippen LogP contribution < -0.4 is 5.32 Å². The highest BCUT2D eigenvalue weighted by molar-refractivity contribution is 5.93. The Morgan fingerprint density at radius 2 is 2.00 bits per heavy atom. The summed E-state index contributed by atoms with van der Waals surface area (Å²) >= 11 is 0. The number of morpholine rings is 1. The summed E-state index contributed by atoms with van der Waals surface area (Å²) in [5.74, 6) is -0.388. The van der Waals surface area contributed by atoms with Crippen molar-refractivity contribution in [1.29, 1.82) is 0 Å². The second kappa shape index (κ2) is 6.65. The molecule has 0 saturated carbocycles. The normalized spacial score (nSPS) is 18.0. The summed E-state index contributed by atoms with van der Waals surface area (Å²) in [7, 11) is 0. The second-order valence-corrected chi connectivity index (χ2v) is 4.75. The number of aliphatic hydroxyl groups is 1. The number of nitrogens with zero attached hydrogens (tertiary/aromatic N) is 1. The van der Waals surface area contributed by atoms with Crippen LogP contribution in [0.25, 0.3) is 0 Å². The van der Waals surface area contributed by atoms with Crippen molar-refractivity contribution in [3.05, 3.63) is 29.8 Å². The van der Waals surface area contributed by atoms with Crippen LogP contribution in [0.2, 0.25) is 0 Å². The van der Waals surface area contributed by atoms with Crippen molar-refractivity contribution in [2.45, 2.75) is 19.6 Å². The molecule has 0 aromatic heterocycles. The fraction of sp³-hybridized carbons (Fsp3) is 0.500. The Labute approximate surface area is 113 Å². The Kier molecular flexibility index (Phi) is 4.90. The zero-order valence-corrected chi connectivity index (χ0v) is 11.1. The highest BCUT2D eigenvalue weighted by Gasteiger charge is 2.11. The number of nitrogens with one attached hydrogen (secondary N) is 1. The molecule has 0 aliphatic carbocycles. The second-order valence-electron chi connectivity index (χ2n) is 4.75.